The summed E-state index contributed by atoms with van der Waals surface area (Å²) in [6.07, 6.45) is -0.684. The maximum atomic E-state index is 11.5. The molecule has 3 N–H and O–H groups in total. The fourth-order valence-corrected chi connectivity index (χ4v) is 2.64. The van der Waals surface area contributed by atoms with Gasteiger partial charge in [0.15, 0.2) is 0 Å². The molecular weight excluding hydrogens is 302 g/mol. The molecule has 0 atom stereocenters. The number of ether oxygens (including phenoxy) is 1. The molecule has 0 aliphatic rings. The fraction of sp³-hybridized carbons (Fsp3) is 0.182. The summed E-state index contributed by atoms with van der Waals surface area (Å²) in [5.74, 6) is -0.580. The smallest absolute Gasteiger partial charge is 0.381 e. The Hall–Kier alpha value is -1.97. The molecule has 20 heavy (non-hydrogen) atoms. The predicted octanol–water partition coefficient (Wildman–Crippen LogP) is 1.54. The quantitative estimate of drug-likeness (QED) is 0.574. The van der Waals surface area contributed by atoms with Crippen molar-refractivity contribution in [3.8, 4) is 5.19 Å². The SMILES string of the molecule is O=C(Cc1csc(OC(=O)NCc2ccsc2)n1)NO. The number of nitrogens with one attached hydrogen (secondary N) is 2. The number of carbonyl (C=O) groups excluding carboxylic acids is 2. The normalized spacial score (nSPS) is 10.1. The van der Waals surface area contributed by atoms with E-state index in [1.165, 1.54) is 5.48 Å². The predicted molar refractivity (Wildman–Crippen MR) is 72.9 cm³/mol. The van der Waals surface area contributed by atoms with Crippen molar-refractivity contribution in [2.45, 2.75) is 13.0 Å². The molecule has 0 aliphatic carbocycles. The number of nitrogens with zero attached hydrogens (tertiary/aromatic N) is 1. The monoisotopic (exact) mass is 313 g/mol. The van der Waals surface area contributed by atoms with E-state index < -0.39 is 12.0 Å². The van der Waals surface area contributed by atoms with Crippen LogP contribution in [0.5, 0.6) is 5.19 Å². The van der Waals surface area contributed by atoms with Crippen LogP contribution in [-0.4, -0.2) is 22.2 Å². The van der Waals surface area contributed by atoms with E-state index in [0.29, 0.717) is 12.2 Å². The number of hydroxylamine groups is 1. The van der Waals surface area contributed by atoms with E-state index in [-0.39, 0.29) is 11.6 Å². The number of carbonyl (C=O) groups is 2. The van der Waals surface area contributed by atoms with Crippen LogP contribution < -0.4 is 15.5 Å². The van der Waals surface area contributed by atoms with Gasteiger partial charge in [-0.15, -0.1) is 0 Å². The topological polar surface area (TPSA) is 101 Å². The molecule has 0 spiro atoms. The fourth-order valence-electron chi connectivity index (χ4n) is 1.30. The molecule has 0 unspecified atom stereocenters. The molecule has 0 fully saturated rings. The van der Waals surface area contributed by atoms with Gasteiger partial charge in [-0.25, -0.2) is 15.3 Å². The lowest BCUT2D eigenvalue weighted by atomic mass is 10.3. The van der Waals surface area contributed by atoms with Crippen molar-refractivity contribution < 1.29 is 19.5 Å². The molecule has 0 aromatic carbocycles. The van der Waals surface area contributed by atoms with Crippen LogP contribution in [0, 0.1) is 0 Å². The highest BCUT2D eigenvalue weighted by atomic mass is 32.1. The van der Waals surface area contributed by atoms with Crippen molar-refractivity contribution in [3.63, 3.8) is 0 Å². The summed E-state index contributed by atoms with van der Waals surface area (Å²) in [7, 11) is 0. The number of amides is 2. The Morgan fingerprint density at radius 3 is 2.95 bits per heavy atom. The van der Waals surface area contributed by atoms with Crippen LogP contribution in [0.2, 0.25) is 0 Å². The van der Waals surface area contributed by atoms with Crippen molar-refractivity contribution >= 4 is 34.7 Å². The molecule has 0 aliphatic heterocycles. The molecule has 7 nitrogen and oxygen atoms in total. The first-order valence-electron chi connectivity index (χ1n) is 5.51. The van der Waals surface area contributed by atoms with Gasteiger partial charge >= 0.3 is 6.09 Å². The van der Waals surface area contributed by atoms with Gasteiger partial charge < -0.3 is 10.1 Å². The van der Waals surface area contributed by atoms with Crippen molar-refractivity contribution in [1.29, 1.82) is 0 Å². The maximum Gasteiger partial charge on any atom is 0.414 e. The summed E-state index contributed by atoms with van der Waals surface area (Å²) in [4.78, 5) is 26.4. The summed E-state index contributed by atoms with van der Waals surface area (Å²) in [6, 6.07) is 1.90. The molecule has 9 heteroatoms. The van der Waals surface area contributed by atoms with E-state index in [1.54, 1.807) is 16.7 Å². The summed E-state index contributed by atoms with van der Waals surface area (Å²) in [6.45, 7) is 0.382. The van der Waals surface area contributed by atoms with Gasteiger partial charge in [0, 0.05) is 11.9 Å². The summed E-state index contributed by atoms with van der Waals surface area (Å²) in [5.41, 5.74) is 2.92. The Balaban J connectivity index is 1.80. The molecule has 0 bridgehead atoms. The largest absolute Gasteiger partial charge is 0.414 e. The minimum atomic E-state index is -0.608. The van der Waals surface area contributed by atoms with Gasteiger partial charge in [-0.2, -0.15) is 11.3 Å². The summed E-state index contributed by atoms with van der Waals surface area (Å²) in [5, 5.41) is 16.5. The van der Waals surface area contributed by atoms with Gasteiger partial charge in [-0.05, 0) is 22.4 Å². The van der Waals surface area contributed by atoms with Crippen LogP contribution in [0.1, 0.15) is 11.3 Å². The van der Waals surface area contributed by atoms with Crippen molar-refractivity contribution in [2.24, 2.45) is 0 Å². The maximum absolute atomic E-state index is 11.5. The molecule has 106 valence electrons. The average molecular weight is 313 g/mol. The molecular formula is C11H11N3O4S2. The molecule has 0 saturated heterocycles. The van der Waals surface area contributed by atoms with E-state index in [0.717, 1.165) is 16.9 Å². The second-order valence-electron chi connectivity index (χ2n) is 3.69. The molecule has 2 rings (SSSR count). The number of aromatic nitrogens is 1. The zero-order valence-electron chi connectivity index (χ0n) is 10.2. The van der Waals surface area contributed by atoms with Crippen LogP contribution >= 0.6 is 22.7 Å². The van der Waals surface area contributed by atoms with Gasteiger partial charge in [0.25, 0.3) is 5.19 Å². The minimum Gasteiger partial charge on any atom is -0.381 e. The van der Waals surface area contributed by atoms with Crippen molar-refractivity contribution in [1.82, 2.24) is 15.8 Å². The lowest BCUT2D eigenvalue weighted by Crippen LogP contribution is -2.26. The number of hydrogen-bond acceptors (Lipinski definition) is 7. The molecule has 2 amide bonds. The minimum absolute atomic E-state index is 0.0765. The van der Waals surface area contributed by atoms with Crippen molar-refractivity contribution in [2.75, 3.05) is 0 Å². The zero-order valence-corrected chi connectivity index (χ0v) is 11.8. The molecule has 2 heterocycles. The lowest BCUT2D eigenvalue weighted by Gasteiger charge is -2.02. The summed E-state index contributed by atoms with van der Waals surface area (Å²) < 4.78 is 4.98. The average Bonchev–Trinajstić information content (AvgIpc) is 3.08. The zero-order chi connectivity index (χ0) is 14.4. The standard InChI is InChI=1S/C11H11N3O4S2/c15-9(14-17)3-8-6-20-11(13-8)18-10(16)12-4-7-1-2-19-5-7/h1-2,5-6,17H,3-4H2,(H,12,16)(H,14,15). The third-order valence-electron chi connectivity index (χ3n) is 2.19. The van der Waals surface area contributed by atoms with Crippen LogP contribution in [0.4, 0.5) is 4.79 Å². The highest BCUT2D eigenvalue weighted by molar-refractivity contribution is 7.11. The Kier molecular flexibility index (Phi) is 5.04. The highest BCUT2D eigenvalue weighted by Gasteiger charge is 2.11. The molecule has 0 saturated carbocycles. The van der Waals surface area contributed by atoms with Gasteiger partial charge in [-0.3, -0.25) is 10.0 Å². The molecule has 0 radical (unpaired) electrons. The Labute approximate surface area is 122 Å². The molecule has 2 aromatic rings. The number of rotatable bonds is 5. The van der Waals surface area contributed by atoms with Gasteiger partial charge in [0.2, 0.25) is 5.91 Å². The second kappa shape index (κ2) is 6.98. The van der Waals surface area contributed by atoms with Crippen LogP contribution in [-0.2, 0) is 17.8 Å². The first-order chi connectivity index (χ1) is 9.67. The van der Waals surface area contributed by atoms with E-state index in [2.05, 4.69) is 10.3 Å². The third-order valence-corrected chi connectivity index (χ3v) is 3.69. The van der Waals surface area contributed by atoms with Crippen LogP contribution in [0.3, 0.4) is 0 Å². The van der Waals surface area contributed by atoms with E-state index >= 15 is 0 Å². The molecule has 2 aromatic heterocycles. The number of thiophene rings is 1. The van der Waals surface area contributed by atoms with Crippen LogP contribution in [0.15, 0.2) is 22.2 Å². The van der Waals surface area contributed by atoms with E-state index in [1.807, 2.05) is 16.8 Å². The third kappa shape index (κ3) is 4.30. The Morgan fingerprint density at radius 1 is 1.40 bits per heavy atom. The number of hydrogen-bond donors (Lipinski definition) is 3. The Morgan fingerprint density at radius 2 is 2.25 bits per heavy atom. The lowest BCUT2D eigenvalue weighted by molar-refractivity contribution is -0.128. The van der Waals surface area contributed by atoms with Gasteiger partial charge in [0.05, 0.1) is 12.1 Å². The Bertz CT molecular complexity index is 582. The van der Waals surface area contributed by atoms with E-state index in [9.17, 15) is 9.59 Å². The first kappa shape index (κ1) is 14.4. The van der Waals surface area contributed by atoms with Gasteiger partial charge in [-0.1, -0.05) is 11.3 Å². The second-order valence-corrected chi connectivity index (χ2v) is 5.29. The first-order valence-corrected chi connectivity index (χ1v) is 7.33. The highest BCUT2D eigenvalue weighted by Crippen LogP contribution is 2.18. The van der Waals surface area contributed by atoms with E-state index in [4.69, 9.17) is 9.94 Å². The van der Waals surface area contributed by atoms with Gasteiger partial charge in [0.1, 0.15) is 0 Å². The van der Waals surface area contributed by atoms with Crippen LogP contribution in [0.25, 0.3) is 0 Å². The summed E-state index contributed by atoms with van der Waals surface area (Å²) >= 11 is 2.65. The number of thiazole rings is 1. The van der Waals surface area contributed by atoms with Crippen molar-refractivity contribution in [3.05, 3.63) is 33.5 Å².